The lowest BCUT2D eigenvalue weighted by Crippen LogP contribution is -2.31. The quantitative estimate of drug-likeness (QED) is 0.832. The molecule has 2 aliphatic rings. The van der Waals surface area contributed by atoms with E-state index < -0.39 is 6.03 Å². The van der Waals surface area contributed by atoms with Crippen molar-refractivity contribution in [3.63, 3.8) is 0 Å². The van der Waals surface area contributed by atoms with Crippen LogP contribution in [0.3, 0.4) is 0 Å². The molecular weight excluding hydrogens is 338 g/mol. The molecule has 0 aromatic heterocycles. The predicted molar refractivity (Wildman–Crippen MR) is 99.8 cm³/mol. The summed E-state index contributed by atoms with van der Waals surface area (Å²) in [6.45, 7) is 1.50. The Morgan fingerprint density at radius 2 is 1.96 bits per heavy atom. The van der Waals surface area contributed by atoms with Gasteiger partial charge in [0.15, 0.2) is 5.78 Å². The number of nitrogens with one attached hydrogen (secondary N) is 1. The zero-order chi connectivity index (χ0) is 17.8. The number of hydrogen-bond acceptors (Lipinski definition) is 4. The minimum absolute atomic E-state index is 0.0154. The molecule has 7 heteroatoms. The molecule has 0 spiro atoms. The van der Waals surface area contributed by atoms with Crippen LogP contribution in [0.4, 0.5) is 10.5 Å². The fourth-order valence-electron chi connectivity index (χ4n) is 2.97. The van der Waals surface area contributed by atoms with Gasteiger partial charge in [-0.3, -0.25) is 9.59 Å². The molecule has 1 aromatic carbocycles. The molecule has 3 rings (SSSR count). The van der Waals surface area contributed by atoms with Gasteiger partial charge in [0.2, 0.25) is 5.91 Å². The average Bonchev–Trinajstić information content (AvgIpc) is 2.60. The summed E-state index contributed by atoms with van der Waals surface area (Å²) in [5, 5.41) is 3.49. The third-order valence-electron chi connectivity index (χ3n) is 4.25. The molecule has 1 saturated carbocycles. The lowest BCUT2D eigenvalue weighted by Gasteiger charge is -2.26. The molecule has 0 saturated heterocycles. The van der Waals surface area contributed by atoms with Gasteiger partial charge in [-0.05, 0) is 50.5 Å². The molecule has 1 heterocycles. The van der Waals surface area contributed by atoms with Crippen LogP contribution in [-0.4, -0.2) is 34.2 Å². The fourth-order valence-corrected chi connectivity index (χ4v) is 3.92. The summed E-state index contributed by atoms with van der Waals surface area (Å²) in [6, 6.07) is 6.30. The van der Waals surface area contributed by atoms with Gasteiger partial charge in [0.25, 0.3) is 0 Å². The van der Waals surface area contributed by atoms with Crippen LogP contribution < -0.4 is 5.32 Å². The number of carbonyl (C=O) groups excluding carboxylic acids is 3. The highest BCUT2D eigenvalue weighted by molar-refractivity contribution is 8.14. The maximum absolute atomic E-state index is 12.1. The van der Waals surface area contributed by atoms with E-state index in [1.54, 1.807) is 24.3 Å². The van der Waals surface area contributed by atoms with Crippen LogP contribution in [0.5, 0.6) is 0 Å². The van der Waals surface area contributed by atoms with Gasteiger partial charge < -0.3 is 5.32 Å². The monoisotopic (exact) mass is 357 g/mol. The van der Waals surface area contributed by atoms with Crippen molar-refractivity contribution in [3.05, 3.63) is 29.8 Å². The number of anilines is 1. The molecule has 130 valence electrons. The second-order valence-electron chi connectivity index (χ2n) is 6.10. The highest BCUT2D eigenvalue weighted by Crippen LogP contribution is 2.30. The molecule has 1 aliphatic carbocycles. The van der Waals surface area contributed by atoms with Gasteiger partial charge in [-0.25, -0.2) is 9.79 Å². The number of nitrogens with zero attached hydrogens (tertiary/aromatic N) is 2. The SMILES string of the molecule is CC(=O)c1ccc(NC(=O)CSC2=NC(=O)N=C3CCCCC32)cc1. The van der Waals surface area contributed by atoms with Crippen LogP contribution in [0.25, 0.3) is 0 Å². The van der Waals surface area contributed by atoms with Gasteiger partial charge in [-0.2, -0.15) is 4.99 Å². The van der Waals surface area contributed by atoms with Gasteiger partial charge in [0, 0.05) is 22.9 Å². The summed E-state index contributed by atoms with van der Waals surface area (Å²) in [4.78, 5) is 43.1. The van der Waals surface area contributed by atoms with Crippen LogP contribution >= 0.6 is 11.8 Å². The number of aliphatic imine (C=N–C) groups is 2. The van der Waals surface area contributed by atoms with Gasteiger partial charge in [-0.15, -0.1) is 0 Å². The average molecular weight is 357 g/mol. The first-order chi connectivity index (χ1) is 12.0. The molecular formula is C18H19N3O3S. The summed E-state index contributed by atoms with van der Waals surface area (Å²) in [6.07, 6.45) is 3.92. The van der Waals surface area contributed by atoms with E-state index in [4.69, 9.17) is 0 Å². The van der Waals surface area contributed by atoms with Crippen molar-refractivity contribution in [3.8, 4) is 0 Å². The van der Waals surface area contributed by atoms with Crippen molar-refractivity contribution in [2.45, 2.75) is 32.6 Å². The molecule has 0 bridgehead atoms. The molecule has 1 aliphatic heterocycles. The second-order valence-corrected chi connectivity index (χ2v) is 7.10. The largest absolute Gasteiger partial charge is 0.367 e. The van der Waals surface area contributed by atoms with Crippen LogP contribution in [0.1, 0.15) is 43.0 Å². The van der Waals surface area contributed by atoms with Crippen LogP contribution in [0.15, 0.2) is 34.3 Å². The summed E-state index contributed by atoms with van der Waals surface area (Å²) in [5.74, 6) is 0.0951. The smallest absolute Gasteiger partial charge is 0.325 e. The first kappa shape index (κ1) is 17.5. The topological polar surface area (TPSA) is 88.0 Å². The van der Waals surface area contributed by atoms with Crippen LogP contribution in [0, 0.1) is 5.92 Å². The summed E-state index contributed by atoms with van der Waals surface area (Å²) in [5.41, 5.74) is 2.15. The van der Waals surface area contributed by atoms with E-state index in [0.29, 0.717) is 16.3 Å². The molecule has 0 radical (unpaired) electrons. The normalized spacial score (nSPS) is 19.6. The second kappa shape index (κ2) is 7.74. The molecule has 3 amide bonds. The van der Waals surface area contributed by atoms with Gasteiger partial charge in [0.05, 0.1) is 10.8 Å². The number of Topliss-reactive ketones (excluding diaryl/α,β-unsaturated/α-hetero) is 1. The Morgan fingerprint density at radius 3 is 2.68 bits per heavy atom. The highest BCUT2D eigenvalue weighted by Gasteiger charge is 2.30. The van der Waals surface area contributed by atoms with E-state index in [0.717, 1.165) is 31.4 Å². The van der Waals surface area contributed by atoms with Crippen molar-refractivity contribution in [1.29, 1.82) is 0 Å². The highest BCUT2D eigenvalue weighted by atomic mass is 32.2. The molecule has 6 nitrogen and oxygen atoms in total. The molecule has 1 unspecified atom stereocenters. The first-order valence-electron chi connectivity index (χ1n) is 8.26. The zero-order valence-electron chi connectivity index (χ0n) is 13.9. The molecule has 1 fully saturated rings. The number of carbonyl (C=O) groups is 3. The Balaban J connectivity index is 1.56. The van der Waals surface area contributed by atoms with Crippen molar-refractivity contribution in [2.75, 3.05) is 11.1 Å². The van der Waals surface area contributed by atoms with Crippen LogP contribution in [-0.2, 0) is 4.79 Å². The number of rotatable bonds is 4. The van der Waals surface area contributed by atoms with E-state index in [1.165, 1.54) is 18.7 Å². The first-order valence-corrected chi connectivity index (χ1v) is 9.25. The van der Waals surface area contributed by atoms with E-state index in [1.807, 2.05) is 0 Å². The predicted octanol–water partition coefficient (Wildman–Crippen LogP) is 3.72. The van der Waals surface area contributed by atoms with Crippen molar-refractivity contribution >= 4 is 45.9 Å². The Bertz CT molecular complexity index is 768. The third-order valence-corrected chi connectivity index (χ3v) is 5.33. The number of amides is 3. The Kier molecular flexibility index (Phi) is 5.43. The lowest BCUT2D eigenvalue weighted by atomic mass is 9.87. The Labute approximate surface area is 150 Å². The van der Waals surface area contributed by atoms with Gasteiger partial charge >= 0.3 is 6.03 Å². The Morgan fingerprint density at radius 1 is 1.20 bits per heavy atom. The number of hydrogen-bond donors (Lipinski definition) is 1. The summed E-state index contributed by atoms with van der Waals surface area (Å²) < 4.78 is 0. The van der Waals surface area contributed by atoms with Crippen molar-refractivity contribution in [1.82, 2.24) is 0 Å². The minimum atomic E-state index is -0.462. The number of benzene rings is 1. The van der Waals surface area contributed by atoms with E-state index >= 15 is 0 Å². The number of ketones is 1. The molecule has 25 heavy (non-hydrogen) atoms. The maximum atomic E-state index is 12.1. The van der Waals surface area contributed by atoms with Crippen molar-refractivity contribution < 1.29 is 14.4 Å². The molecule has 1 atom stereocenters. The molecule has 1 aromatic rings. The van der Waals surface area contributed by atoms with Gasteiger partial charge in [-0.1, -0.05) is 18.2 Å². The molecule has 1 N–H and O–H groups in total. The minimum Gasteiger partial charge on any atom is -0.325 e. The van der Waals surface area contributed by atoms with Gasteiger partial charge in [0.1, 0.15) is 0 Å². The zero-order valence-corrected chi connectivity index (χ0v) is 14.8. The van der Waals surface area contributed by atoms with E-state index in [9.17, 15) is 14.4 Å². The van der Waals surface area contributed by atoms with Crippen molar-refractivity contribution in [2.24, 2.45) is 15.9 Å². The Hall–Kier alpha value is -2.28. The summed E-state index contributed by atoms with van der Waals surface area (Å²) >= 11 is 1.30. The number of fused-ring (bicyclic) bond motifs is 1. The summed E-state index contributed by atoms with van der Waals surface area (Å²) in [7, 11) is 0. The number of urea groups is 1. The van der Waals surface area contributed by atoms with Crippen LogP contribution in [0.2, 0.25) is 0 Å². The maximum Gasteiger partial charge on any atom is 0.367 e. The third kappa shape index (κ3) is 4.42. The number of thioether (sulfide) groups is 1. The van der Waals surface area contributed by atoms with E-state index in [-0.39, 0.29) is 23.4 Å². The lowest BCUT2D eigenvalue weighted by molar-refractivity contribution is -0.113. The van der Waals surface area contributed by atoms with E-state index in [2.05, 4.69) is 15.3 Å². The standard InChI is InChI=1S/C18H19N3O3S/c1-11(22)12-6-8-13(9-7-12)19-16(23)10-25-17-14-4-2-3-5-15(14)20-18(24)21-17/h6-9,14H,2-5,10H2,1H3,(H,19,23). The fraction of sp³-hybridized carbons (Fsp3) is 0.389.